The SMILES string of the molecule is C=CCOc1c(CC)cc(C#N)cc1CC. The van der Waals surface area contributed by atoms with E-state index in [9.17, 15) is 0 Å². The van der Waals surface area contributed by atoms with Crippen molar-refractivity contribution in [2.45, 2.75) is 26.7 Å². The van der Waals surface area contributed by atoms with E-state index in [0.717, 1.165) is 29.7 Å². The molecule has 1 rings (SSSR count). The maximum absolute atomic E-state index is 8.94. The van der Waals surface area contributed by atoms with E-state index in [1.54, 1.807) is 6.08 Å². The van der Waals surface area contributed by atoms with Crippen molar-refractivity contribution in [2.75, 3.05) is 6.61 Å². The summed E-state index contributed by atoms with van der Waals surface area (Å²) in [6, 6.07) is 5.98. The van der Waals surface area contributed by atoms with Crippen LogP contribution in [-0.4, -0.2) is 6.61 Å². The summed E-state index contributed by atoms with van der Waals surface area (Å²) < 4.78 is 5.67. The molecule has 84 valence electrons. The number of hydrogen-bond donors (Lipinski definition) is 0. The molecule has 0 atom stereocenters. The molecule has 0 aromatic heterocycles. The van der Waals surface area contributed by atoms with Gasteiger partial charge in [-0.3, -0.25) is 0 Å². The lowest BCUT2D eigenvalue weighted by molar-refractivity contribution is 0.355. The van der Waals surface area contributed by atoms with Crippen LogP contribution in [0.4, 0.5) is 0 Å². The largest absolute Gasteiger partial charge is 0.489 e. The van der Waals surface area contributed by atoms with Gasteiger partial charge in [-0.05, 0) is 36.1 Å². The van der Waals surface area contributed by atoms with Crippen LogP contribution in [0.25, 0.3) is 0 Å². The van der Waals surface area contributed by atoms with Gasteiger partial charge in [-0.2, -0.15) is 5.26 Å². The zero-order chi connectivity index (χ0) is 12.0. The Kier molecular flexibility index (Phi) is 4.60. The fraction of sp³-hybridized carbons (Fsp3) is 0.357. The number of hydrogen-bond acceptors (Lipinski definition) is 2. The van der Waals surface area contributed by atoms with Crippen molar-refractivity contribution in [2.24, 2.45) is 0 Å². The van der Waals surface area contributed by atoms with E-state index in [1.165, 1.54) is 0 Å². The highest BCUT2D eigenvalue weighted by Crippen LogP contribution is 2.27. The van der Waals surface area contributed by atoms with Crippen molar-refractivity contribution in [3.63, 3.8) is 0 Å². The predicted molar refractivity (Wildman–Crippen MR) is 65.6 cm³/mol. The van der Waals surface area contributed by atoms with E-state index in [-0.39, 0.29) is 0 Å². The molecule has 0 fully saturated rings. The summed E-state index contributed by atoms with van der Waals surface area (Å²) in [6.45, 7) is 8.28. The van der Waals surface area contributed by atoms with Crippen LogP contribution in [-0.2, 0) is 12.8 Å². The van der Waals surface area contributed by atoms with Crippen LogP contribution in [0.1, 0.15) is 30.5 Å². The molecule has 0 unspecified atom stereocenters. The minimum Gasteiger partial charge on any atom is -0.489 e. The fourth-order valence-corrected chi connectivity index (χ4v) is 1.67. The topological polar surface area (TPSA) is 33.0 Å². The molecule has 0 aliphatic heterocycles. The summed E-state index contributed by atoms with van der Waals surface area (Å²) in [5, 5.41) is 8.94. The number of nitrogens with zero attached hydrogens (tertiary/aromatic N) is 1. The van der Waals surface area contributed by atoms with Gasteiger partial charge in [0.15, 0.2) is 0 Å². The lowest BCUT2D eigenvalue weighted by Crippen LogP contribution is -2.01. The smallest absolute Gasteiger partial charge is 0.126 e. The van der Waals surface area contributed by atoms with Crippen molar-refractivity contribution < 1.29 is 4.74 Å². The molecule has 0 N–H and O–H groups in total. The summed E-state index contributed by atoms with van der Waals surface area (Å²) in [7, 11) is 0. The van der Waals surface area contributed by atoms with Crippen LogP contribution in [0, 0.1) is 11.3 Å². The Hall–Kier alpha value is -1.75. The second-order valence-electron chi connectivity index (χ2n) is 3.54. The van der Waals surface area contributed by atoms with Crippen LogP contribution in [0.3, 0.4) is 0 Å². The van der Waals surface area contributed by atoms with Crippen LogP contribution in [0.5, 0.6) is 5.75 Å². The van der Waals surface area contributed by atoms with Crippen molar-refractivity contribution in [3.8, 4) is 11.8 Å². The molecule has 0 saturated heterocycles. The summed E-state index contributed by atoms with van der Waals surface area (Å²) >= 11 is 0. The Balaban J connectivity index is 3.21. The highest BCUT2D eigenvalue weighted by molar-refractivity contribution is 5.48. The molecule has 0 saturated carbocycles. The number of nitriles is 1. The lowest BCUT2D eigenvalue weighted by Gasteiger charge is -2.14. The van der Waals surface area contributed by atoms with Gasteiger partial charge in [0.25, 0.3) is 0 Å². The lowest BCUT2D eigenvalue weighted by atomic mass is 10.0. The number of rotatable bonds is 5. The molecular formula is C14H17NO. The Morgan fingerprint density at radius 3 is 2.25 bits per heavy atom. The van der Waals surface area contributed by atoms with Crippen LogP contribution >= 0.6 is 0 Å². The highest BCUT2D eigenvalue weighted by atomic mass is 16.5. The second-order valence-corrected chi connectivity index (χ2v) is 3.54. The molecular weight excluding hydrogens is 198 g/mol. The first-order valence-corrected chi connectivity index (χ1v) is 5.56. The maximum Gasteiger partial charge on any atom is 0.126 e. The van der Waals surface area contributed by atoms with E-state index >= 15 is 0 Å². The molecule has 16 heavy (non-hydrogen) atoms. The molecule has 1 aromatic rings. The van der Waals surface area contributed by atoms with Gasteiger partial charge in [0.05, 0.1) is 11.6 Å². The first-order chi connectivity index (χ1) is 7.76. The first kappa shape index (κ1) is 12.3. The van der Waals surface area contributed by atoms with Gasteiger partial charge >= 0.3 is 0 Å². The van der Waals surface area contributed by atoms with Gasteiger partial charge in [-0.15, -0.1) is 0 Å². The minimum atomic E-state index is 0.506. The van der Waals surface area contributed by atoms with Gasteiger partial charge in [0.1, 0.15) is 12.4 Å². The molecule has 0 aliphatic carbocycles. The third-order valence-corrected chi connectivity index (χ3v) is 2.48. The van der Waals surface area contributed by atoms with Crippen molar-refractivity contribution in [1.29, 1.82) is 5.26 Å². The van der Waals surface area contributed by atoms with Crippen molar-refractivity contribution in [3.05, 3.63) is 41.5 Å². The number of benzene rings is 1. The average Bonchev–Trinajstić information content (AvgIpc) is 2.35. The zero-order valence-electron chi connectivity index (χ0n) is 9.92. The normalized spacial score (nSPS) is 9.56. The van der Waals surface area contributed by atoms with Gasteiger partial charge in [-0.1, -0.05) is 26.5 Å². The highest BCUT2D eigenvalue weighted by Gasteiger charge is 2.09. The summed E-state index contributed by atoms with van der Waals surface area (Å²) in [5.41, 5.74) is 2.90. The van der Waals surface area contributed by atoms with Crippen LogP contribution in [0.15, 0.2) is 24.8 Å². The Morgan fingerprint density at radius 2 is 1.88 bits per heavy atom. The Labute approximate surface area is 97.2 Å². The molecule has 2 heteroatoms. The van der Waals surface area contributed by atoms with Gasteiger partial charge in [0.2, 0.25) is 0 Å². The van der Waals surface area contributed by atoms with Gasteiger partial charge in [0, 0.05) is 0 Å². The second kappa shape index (κ2) is 5.97. The summed E-state index contributed by atoms with van der Waals surface area (Å²) in [6.07, 6.45) is 3.47. The van der Waals surface area contributed by atoms with E-state index in [0.29, 0.717) is 12.2 Å². The van der Waals surface area contributed by atoms with Crippen LogP contribution < -0.4 is 4.74 Å². The average molecular weight is 215 g/mol. The van der Waals surface area contributed by atoms with Crippen molar-refractivity contribution >= 4 is 0 Å². The Bertz CT molecular complexity index is 390. The molecule has 0 radical (unpaired) electrons. The van der Waals surface area contributed by atoms with Crippen LogP contribution in [0.2, 0.25) is 0 Å². The minimum absolute atomic E-state index is 0.506. The molecule has 0 aliphatic rings. The van der Waals surface area contributed by atoms with E-state index in [4.69, 9.17) is 10.00 Å². The molecule has 2 nitrogen and oxygen atoms in total. The van der Waals surface area contributed by atoms with E-state index in [2.05, 4.69) is 26.5 Å². The van der Waals surface area contributed by atoms with E-state index < -0.39 is 0 Å². The number of aryl methyl sites for hydroxylation is 2. The van der Waals surface area contributed by atoms with E-state index in [1.807, 2.05) is 12.1 Å². The fourth-order valence-electron chi connectivity index (χ4n) is 1.67. The molecule has 0 heterocycles. The zero-order valence-corrected chi connectivity index (χ0v) is 9.92. The monoisotopic (exact) mass is 215 g/mol. The summed E-state index contributed by atoms with van der Waals surface area (Å²) in [5.74, 6) is 0.920. The standard InChI is InChI=1S/C14H17NO/c1-4-7-16-14-12(5-2)8-11(10-15)9-13(14)6-3/h4,8-9H,1,5-7H2,2-3H3. The molecule has 1 aromatic carbocycles. The summed E-state index contributed by atoms with van der Waals surface area (Å²) in [4.78, 5) is 0. The quantitative estimate of drug-likeness (QED) is 0.706. The third kappa shape index (κ3) is 2.64. The molecule has 0 bridgehead atoms. The maximum atomic E-state index is 8.94. The predicted octanol–water partition coefficient (Wildman–Crippen LogP) is 3.25. The number of ether oxygens (including phenoxy) is 1. The molecule has 0 spiro atoms. The first-order valence-electron chi connectivity index (χ1n) is 5.56. The molecule has 0 amide bonds. The van der Waals surface area contributed by atoms with Crippen molar-refractivity contribution in [1.82, 2.24) is 0 Å². The van der Waals surface area contributed by atoms with Gasteiger partial charge < -0.3 is 4.74 Å². The third-order valence-electron chi connectivity index (χ3n) is 2.48. The Morgan fingerprint density at radius 1 is 1.31 bits per heavy atom. The van der Waals surface area contributed by atoms with Gasteiger partial charge in [-0.25, -0.2) is 0 Å².